The molecule has 0 bridgehead atoms. The first kappa shape index (κ1) is 15.0. The highest BCUT2D eigenvalue weighted by Crippen LogP contribution is 2.16. The van der Waals surface area contributed by atoms with Gasteiger partial charge in [-0.2, -0.15) is 0 Å². The molecule has 0 atom stereocenters. The van der Waals surface area contributed by atoms with Gasteiger partial charge in [-0.1, -0.05) is 32.0 Å². The predicted octanol–water partition coefficient (Wildman–Crippen LogP) is 2.18. The minimum atomic E-state index is 0.301. The second-order valence-corrected chi connectivity index (χ2v) is 5.44. The Labute approximate surface area is 122 Å². The molecule has 0 saturated carbocycles. The van der Waals surface area contributed by atoms with E-state index in [1.54, 1.807) is 0 Å². The first-order valence-electron chi connectivity index (χ1n) is 7.83. The number of amides is 1. The first-order chi connectivity index (χ1) is 9.74. The molecule has 0 unspecified atom stereocenters. The molecule has 110 valence electrons. The minimum Gasteiger partial charge on any atom is -0.340 e. The van der Waals surface area contributed by atoms with E-state index in [1.807, 2.05) is 4.90 Å². The molecular formula is C17H26N2O. The Bertz CT molecular complexity index is 450. The Kier molecular flexibility index (Phi) is 5.60. The third-order valence-corrected chi connectivity index (χ3v) is 4.14. The van der Waals surface area contributed by atoms with Crippen molar-refractivity contribution in [2.45, 2.75) is 39.5 Å². The van der Waals surface area contributed by atoms with Gasteiger partial charge in [0.15, 0.2) is 0 Å². The van der Waals surface area contributed by atoms with E-state index in [-0.39, 0.29) is 0 Å². The Morgan fingerprint density at radius 2 is 1.90 bits per heavy atom. The topological polar surface area (TPSA) is 32.3 Å². The van der Waals surface area contributed by atoms with Gasteiger partial charge in [-0.25, -0.2) is 0 Å². The van der Waals surface area contributed by atoms with E-state index >= 15 is 0 Å². The number of carbonyl (C=O) groups is 1. The van der Waals surface area contributed by atoms with Crippen LogP contribution in [0.2, 0.25) is 0 Å². The fourth-order valence-corrected chi connectivity index (χ4v) is 2.79. The number of aryl methyl sites for hydroxylation is 3. The lowest BCUT2D eigenvalue weighted by molar-refractivity contribution is -0.131. The number of carbonyl (C=O) groups excluding carboxylic acids is 1. The molecule has 3 heteroatoms. The quantitative estimate of drug-likeness (QED) is 0.892. The van der Waals surface area contributed by atoms with E-state index in [1.165, 1.54) is 16.7 Å². The van der Waals surface area contributed by atoms with Crippen LogP contribution in [-0.4, -0.2) is 37.0 Å². The SMILES string of the molecule is CCc1ccc(CC)c(CCC(=O)N2CCNCC2)c1. The molecule has 1 aromatic rings. The summed E-state index contributed by atoms with van der Waals surface area (Å²) in [5, 5.41) is 3.28. The van der Waals surface area contributed by atoms with Crippen LogP contribution in [0.25, 0.3) is 0 Å². The fraction of sp³-hybridized carbons (Fsp3) is 0.588. The number of nitrogens with zero attached hydrogens (tertiary/aromatic N) is 1. The van der Waals surface area contributed by atoms with Crippen LogP contribution in [0.15, 0.2) is 18.2 Å². The second kappa shape index (κ2) is 7.44. The summed E-state index contributed by atoms with van der Waals surface area (Å²) in [6, 6.07) is 6.72. The monoisotopic (exact) mass is 274 g/mol. The Morgan fingerprint density at radius 3 is 2.55 bits per heavy atom. The summed E-state index contributed by atoms with van der Waals surface area (Å²) in [5.41, 5.74) is 4.11. The zero-order chi connectivity index (χ0) is 14.4. The van der Waals surface area contributed by atoms with Crippen molar-refractivity contribution in [1.29, 1.82) is 0 Å². The summed E-state index contributed by atoms with van der Waals surface area (Å²) in [6.45, 7) is 7.93. The predicted molar refractivity (Wildman–Crippen MR) is 83.0 cm³/mol. The van der Waals surface area contributed by atoms with Crippen molar-refractivity contribution < 1.29 is 4.79 Å². The van der Waals surface area contributed by atoms with Crippen LogP contribution in [-0.2, 0) is 24.1 Å². The van der Waals surface area contributed by atoms with Crippen molar-refractivity contribution in [3.8, 4) is 0 Å². The molecule has 2 rings (SSSR count). The van der Waals surface area contributed by atoms with Crippen LogP contribution in [0.1, 0.15) is 37.0 Å². The number of hydrogen-bond donors (Lipinski definition) is 1. The molecule has 0 aromatic heterocycles. The first-order valence-corrected chi connectivity index (χ1v) is 7.83. The molecule has 1 fully saturated rings. The molecule has 0 aliphatic carbocycles. The summed E-state index contributed by atoms with van der Waals surface area (Å²) < 4.78 is 0. The molecule has 1 aromatic carbocycles. The maximum Gasteiger partial charge on any atom is 0.222 e. The van der Waals surface area contributed by atoms with Gasteiger partial charge in [-0.15, -0.1) is 0 Å². The van der Waals surface area contributed by atoms with Crippen molar-refractivity contribution in [3.63, 3.8) is 0 Å². The van der Waals surface area contributed by atoms with Gasteiger partial charge in [0, 0.05) is 32.6 Å². The summed E-state index contributed by atoms with van der Waals surface area (Å²) in [6.07, 6.45) is 3.61. The zero-order valence-corrected chi connectivity index (χ0v) is 12.7. The highest BCUT2D eigenvalue weighted by molar-refractivity contribution is 5.76. The average molecular weight is 274 g/mol. The van der Waals surface area contributed by atoms with Crippen LogP contribution in [0, 0.1) is 0 Å². The van der Waals surface area contributed by atoms with Gasteiger partial charge in [0.25, 0.3) is 0 Å². The van der Waals surface area contributed by atoms with Crippen molar-refractivity contribution in [2.75, 3.05) is 26.2 Å². The molecule has 1 heterocycles. The zero-order valence-electron chi connectivity index (χ0n) is 12.7. The van der Waals surface area contributed by atoms with Crippen LogP contribution >= 0.6 is 0 Å². The lowest BCUT2D eigenvalue weighted by atomic mass is 9.97. The number of nitrogens with one attached hydrogen (secondary N) is 1. The van der Waals surface area contributed by atoms with Crippen LogP contribution in [0.4, 0.5) is 0 Å². The molecule has 1 aliphatic heterocycles. The molecule has 0 spiro atoms. The molecular weight excluding hydrogens is 248 g/mol. The van der Waals surface area contributed by atoms with Gasteiger partial charge in [0.2, 0.25) is 5.91 Å². The highest BCUT2D eigenvalue weighted by atomic mass is 16.2. The molecule has 3 nitrogen and oxygen atoms in total. The standard InChI is InChI=1S/C17H26N2O/c1-3-14-5-6-15(4-2)16(13-14)7-8-17(20)19-11-9-18-10-12-19/h5-6,13,18H,3-4,7-12H2,1-2H3. The lowest BCUT2D eigenvalue weighted by Gasteiger charge is -2.27. The summed E-state index contributed by atoms with van der Waals surface area (Å²) >= 11 is 0. The van der Waals surface area contributed by atoms with Crippen molar-refractivity contribution in [3.05, 3.63) is 34.9 Å². The van der Waals surface area contributed by atoms with E-state index in [0.29, 0.717) is 12.3 Å². The highest BCUT2D eigenvalue weighted by Gasteiger charge is 2.16. The third kappa shape index (κ3) is 3.83. The van der Waals surface area contributed by atoms with Gasteiger partial charge in [-0.05, 0) is 36.0 Å². The van der Waals surface area contributed by atoms with Crippen LogP contribution < -0.4 is 5.32 Å². The maximum absolute atomic E-state index is 12.2. The third-order valence-electron chi connectivity index (χ3n) is 4.14. The molecule has 1 saturated heterocycles. The van der Waals surface area contributed by atoms with E-state index in [9.17, 15) is 4.79 Å². The number of piperazine rings is 1. The molecule has 0 radical (unpaired) electrons. The number of rotatable bonds is 5. The summed E-state index contributed by atoms with van der Waals surface area (Å²) in [7, 11) is 0. The number of hydrogen-bond acceptors (Lipinski definition) is 2. The van der Waals surface area contributed by atoms with Crippen molar-refractivity contribution in [2.24, 2.45) is 0 Å². The van der Waals surface area contributed by atoms with Crippen molar-refractivity contribution >= 4 is 5.91 Å². The molecule has 1 N–H and O–H groups in total. The summed E-state index contributed by atoms with van der Waals surface area (Å²) in [4.78, 5) is 14.2. The number of benzene rings is 1. The maximum atomic E-state index is 12.2. The normalized spacial score (nSPS) is 15.4. The van der Waals surface area contributed by atoms with Gasteiger partial charge >= 0.3 is 0 Å². The second-order valence-electron chi connectivity index (χ2n) is 5.44. The average Bonchev–Trinajstić information content (AvgIpc) is 2.53. The van der Waals surface area contributed by atoms with E-state index in [0.717, 1.165) is 45.4 Å². The van der Waals surface area contributed by atoms with Crippen molar-refractivity contribution in [1.82, 2.24) is 10.2 Å². The minimum absolute atomic E-state index is 0.301. The molecule has 1 aliphatic rings. The Balaban J connectivity index is 1.96. The fourth-order valence-electron chi connectivity index (χ4n) is 2.79. The van der Waals surface area contributed by atoms with Gasteiger partial charge in [-0.3, -0.25) is 4.79 Å². The van der Waals surface area contributed by atoms with Gasteiger partial charge < -0.3 is 10.2 Å². The summed E-state index contributed by atoms with van der Waals surface area (Å²) in [5.74, 6) is 0.301. The Hall–Kier alpha value is -1.35. The largest absolute Gasteiger partial charge is 0.340 e. The van der Waals surface area contributed by atoms with Crippen LogP contribution in [0.5, 0.6) is 0 Å². The van der Waals surface area contributed by atoms with E-state index in [2.05, 4.69) is 37.4 Å². The van der Waals surface area contributed by atoms with E-state index < -0.39 is 0 Å². The van der Waals surface area contributed by atoms with E-state index in [4.69, 9.17) is 0 Å². The van der Waals surface area contributed by atoms with Crippen LogP contribution in [0.3, 0.4) is 0 Å². The molecule has 1 amide bonds. The Morgan fingerprint density at radius 1 is 1.15 bits per heavy atom. The molecule has 20 heavy (non-hydrogen) atoms. The lowest BCUT2D eigenvalue weighted by Crippen LogP contribution is -2.46. The smallest absolute Gasteiger partial charge is 0.222 e. The van der Waals surface area contributed by atoms with Gasteiger partial charge in [0.05, 0.1) is 0 Å². The van der Waals surface area contributed by atoms with Gasteiger partial charge in [0.1, 0.15) is 0 Å².